The number of nitrogens with one attached hydrogen (secondary N) is 1. The first-order chi connectivity index (χ1) is 12.3. The predicted molar refractivity (Wildman–Crippen MR) is 95.1 cm³/mol. The molecule has 0 fully saturated rings. The summed E-state index contributed by atoms with van der Waals surface area (Å²) in [7, 11) is -3.36. The third-order valence-corrected chi connectivity index (χ3v) is 3.77. The molecule has 0 aliphatic heterocycles. The fourth-order valence-electron chi connectivity index (χ4n) is 2.34. The average molecular weight is 357 g/mol. The van der Waals surface area contributed by atoms with Crippen LogP contribution in [-0.4, -0.2) is 57.4 Å². The van der Waals surface area contributed by atoms with Crippen molar-refractivity contribution >= 4 is 37.0 Å². The smallest absolute Gasteiger partial charge is 0.480 e. The van der Waals surface area contributed by atoms with Gasteiger partial charge >= 0.3 is 20.2 Å². The van der Waals surface area contributed by atoms with Crippen LogP contribution in [0.25, 0.3) is 0 Å². The highest BCUT2D eigenvalue weighted by Crippen LogP contribution is 2.05. The van der Waals surface area contributed by atoms with Gasteiger partial charge in [0.1, 0.15) is 6.04 Å². The maximum Gasteiger partial charge on any atom is 0.488 e. The van der Waals surface area contributed by atoms with Crippen LogP contribution in [0.3, 0.4) is 0 Å². The molecule has 0 saturated heterocycles. The Bertz CT molecular complexity index is 780. The van der Waals surface area contributed by atoms with Gasteiger partial charge in [-0.15, -0.1) is 0 Å². The van der Waals surface area contributed by atoms with Crippen molar-refractivity contribution in [1.29, 1.82) is 0 Å². The second kappa shape index (κ2) is 8.63. The molecule has 8 nitrogen and oxygen atoms in total. The minimum atomic E-state index is -1.74. The Morgan fingerprint density at radius 2 is 1.54 bits per heavy atom. The maximum absolute atomic E-state index is 12.3. The highest BCUT2D eigenvalue weighted by atomic mass is 16.4. The number of carbonyl (C=O) groups excluding carboxylic acids is 1. The van der Waals surface area contributed by atoms with Gasteiger partial charge in [-0.05, 0) is 28.6 Å². The predicted octanol–water partition coefficient (Wildman–Crippen LogP) is -2.53. The number of hydrogen-bond acceptors (Lipinski definition) is 6. The quantitative estimate of drug-likeness (QED) is 0.300. The van der Waals surface area contributed by atoms with Crippen LogP contribution in [0.2, 0.25) is 0 Å². The molecule has 1 amide bonds. The van der Waals surface area contributed by atoms with Gasteiger partial charge in [-0.3, -0.25) is 4.79 Å². The first-order valence-electron chi connectivity index (χ1n) is 7.72. The Morgan fingerprint density at radius 3 is 2.08 bits per heavy atom. The number of aliphatic carboxylic acids is 1. The molecule has 0 aliphatic rings. The molecule has 0 saturated carbocycles. The van der Waals surface area contributed by atoms with E-state index in [9.17, 15) is 14.7 Å². The summed E-state index contributed by atoms with van der Waals surface area (Å²) in [5, 5.41) is 48.1. The Morgan fingerprint density at radius 1 is 0.923 bits per heavy atom. The lowest BCUT2D eigenvalue weighted by molar-refractivity contribution is -0.139. The van der Waals surface area contributed by atoms with E-state index in [0.717, 1.165) is 0 Å². The van der Waals surface area contributed by atoms with Crippen molar-refractivity contribution in [3.63, 3.8) is 0 Å². The number of carboxylic acids is 1. The van der Waals surface area contributed by atoms with E-state index in [4.69, 9.17) is 20.1 Å². The molecule has 2 rings (SSSR count). The Balaban J connectivity index is 2.11. The molecule has 1 atom stereocenters. The number of benzene rings is 2. The van der Waals surface area contributed by atoms with Crippen LogP contribution in [-0.2, 0) is 11.2 Å². The first-order valence-corrected chi connectivity index (χ1v) is 7.72. The highest BCUT2D eigenvalue weighted by Gasteiger charge is 2.22. The van der Waals surface area contributed by atoms with Gasteiger partial charge in [0.15, 0.2) is 0 Å². The topological polar surface area (TPSA) is 147 Å². The third kappa shape index (κ3) is 5.17. The monoisotopic (exact) mass is 357 g/mol. The molecule has 0 radical (unpaired) electrons. The van der Waals surface area contributed by atoms with E-state index in [1.54, 1.807) is 12.1 Å². The Labute approximate surface area is 150 Å². The standard InChI is InChI=1S/C16H17B2NO7/c20-15(11-2-1-3-13(9-11)18(25)26)19-14(16(21)22)8-10-4-6-12(7-5-10)17(23)24/h1-7,9,14,23-26H,8H2,(H,19,20)(H,21,22). The highest BCUT2D eigenvalue weighted by molar-refractivity contribution is 6.59. The molecular formula is C16H17B2NO7. The van der Waals surface area contributed by atoms with Crippen LogP contribution in [0.1, 0.15) is 15.9 Å². The molecule has 0 heterocycles. The summed E-state index contributed by atoms with van der Waals surface area (Å²) < 4.78 is 0. The van der Waals surface area contributed by atoms with E-state index < -0.39 is 32.2 Å². The van der Waals surface area contributed by atoms with Gasteiger partial charge in [-0.2, -0.15) is 0 Å². The zero-order valence-corrected chi connectivity index (χ0v) is 13.6. The average Bonchev–Trinajstić information content (AvgIpc) is 2.61. The van der Waals surface area contributed by atoms with Gasteiger partial charge < -0.3 is 30.5 Å². The summed E-state index contributed by atoms with van der Waals surface area (Å²) in [5.74, 6) is -1.90. The normalized spacial score (nSPS) is 11.5. The lowest BCUT2D eigenvalue weighted by Crippen LogP contribution is -2.43. The summed E-state index contributed by atoms with van der Waals surface area (Å²) >= 11 is 0. The van der Waals surface area contributed by atoms with Crippen molar-refractivity contribution in [3.8, 4) is 0 Å². The zero-order chi connectivity index (χ0) is 19.3. The summed E-state index contributed by atoms with van der Waals surface area (Å²) in [6.07, 6.45) is -0.00874. The second-order valence-electron chi connectivity index (χ2n) is 5.68. The minimum absolute atomic E-state index is 0.00874. The Hall–Kier alpha value is -2.65. The molecule has 0 aliphatic carbocycles. The van der Waals surface area contributed by atoms with Crippen LogP contribution in [0.4, 0.5) is 0 Å². The maximum atomic E-state index is 12.3. The molecule has 26 heavy (non-hydrogen) atoms. The van der Waals surface area contributed by atoms with Crippen molar-refractivity contribution in [3.05, 3.63) is 59.7 Å². The molecule has 134 valence electrons. The molecule has 10 heteroatoms. The van der Waals surface area contributed by atoms with Crippen molar-refractivity contribution in [2.75, 3.05) is 0 Å². The van der Waals surface area contributed by atoms with E-state index in [-0.39, 0.29) is 22.9 Å². The Kier molecular flexibility index (Phi) is 6.53. The fourth-order valence-corrected chi connectivity index (χ4v) is 2.34. The van der Waals surface area contributed by atoms with Gasteiger partial charge in [0.2, 0.25) is 0 Å². The molecular weight excluding hydrogens is 340 g/mol. The molecule has 0 spiro atoms. The SMILES string of the molecule is O=C(NC(Cc1ccc(B(O)O)cc1)C(=O)O)c1cccc(B(O)O)c1. The number of amides is 1. The van der Waals surface area contributed by atoms with Gasteiger partial charge in [0, 0.05) is 12.0 Å². The zero-order valence-electron chi connectivity index (χ0n) is 13.6. The third-order valence-electron chi connectivity index (χ3n) is 3.77. The molecule has 2 aromatic carbocycles. The lowest BCUT2D eigenvalue weighted by Gasteiger charge is -2.15. The van der Waals surface area contributed by atoms with E-state index in [1.165, 1.54) is 36.4 Å². The second-order valence-corrected chi connectivity index (χ2v) is 5.68. The molecule has 1 unspecified atom stereocenters. The number of hydrogen-bond donors (Lipinski definition) is 6. The number of carbonyl (C=O) groups is 2. The van der Waals surface area contributed by atoms with Crippen LogP contribution >= 0.6 is 0 Å². The van der Waals surface area contributed by atoms with Gasteiger partial charge in [0.05, 0.1) is 0 Å². The van der Waals surface area contributed by atoms with E-state index in [0.29, 0.717) is 5.56 Å². The fraction of sp³-hybridized carbons (Fsp3) is 0.125. The van der Waals surface area contributed by atoms with Crippen molar-refractivity contribution in [2.45, 2.75) is 12.5 Å². The molecule has 0 bridgehead atoms. The molecule has 2 aromatic rings. The summed E-state index contributed by atoms with van der Waals surface area (Å²) in [5.41, 5.74) is 1.06. The van der Waals surface area contributed by atoms with E-state index >= 15 is 0 Å². The summed E-state index contributed by atoms with van der Waals surface area (Å²) in [4.78, 5) is 23.7. The molecule has 6 N–H and O–H groups in total. The van der Waals surface area contributed by atoms with Crippen LogP contribution in [0, 0.1) is 0 Å². The number of carboxylic acid groups (broad SMARTS) is 1. The van der Waals surface area contributed by atoms with E-state index in [2.05, 4.69) is 5.32 Å². The minimum Gasteiger partial charge on any atom is -0.480 e. The van der Waals surface area contributed by atoms with Gasteiger partial charge in [0.25, 0.3) is 5.91 Å². The number of rotatable bonds is 7. The van der Waals surface area contributed by atoms with Gasteiger partial charge in [-0.25, -0.2) is 4.79 Å². The van der Waals surface area contributed by atoms with Crippen LogP contribution in [0.15, 0.2) is 48.5 Å². The van der Waals surface area contributed by atoms with Crippen LogP contribution in [0.5, 0.6) is 0 Å². The van der Waals surface area contributed by atoms with Crippen LogP contribution < -0.4 is 16.2 Å². The van der Waals surface area contributed by atoms with Crippen molar-refractivity contribution in [2.24, 2.45) is 0 Å². The molecule has 0 aromatic heterocycles. The largest absolute Gasteiger partial charge is 0.488 e. The summed E-state index contributed by atoms with van der Waals surface area (Å²) in [6, 6.07) is 10.3. The van der Waals surface area contributed by atoms with E-state index in [1.807, 2.05) is 0 Å². The van der Waals surface area contributed by atoms with Crippen molar-refractivity contribution in [1.82, 2.24) is 5.32 Å². The lowest BCUT2D eigenvalue weighted by atomic mass is 9.79. The summed E-state index contributed by atoms with van der Waals surface area (Å²) in [6.45, 7) is 0. The van der Waals surface area contributed by atoms with Crippen molar-refractivity contribution < 1.29 is 34.8 Å². The van der Waals surface area contributed by atoms with Gasteiger partial charge in [-0.1, -0.05) is 36.4 Å². The first kappa shape index (κ1) is 19.7.